The van der Waals surface area contributed by atoms with Crippen LogP contribution in [0, 0.1) is 11.8 Å². The number of hydrogen-bond donors (Lipinski definition) is 18. The second-order valence-electron chi connectivity index (χ2n) is 19.7. The minimum atomic E-state index is -1.94. The van der Waals surface area contributed by atoms with Gasteiger partial charge in [-0.2, -0.15) is 0 Å². The van der Waals surface area contributed by atoms with Gasteiger partial charge in [0.25, 0.3) is 0 Å². The van der Waals surface area contributed by atoms with Gasteiger partial charge in [0.05, 0.1) is 31.8 Å². The Morgan fingerprint density at radius 3 is 1.42 bits per heavy atom. The number of aliphatic carboxylic acids is 2. The second-order valence-corrected chi connectivity index (χ2v) is 19.7. The summed E-state index contributed by atoms with van der Waals surface area (Å²) in [6.07, 6.45) is -1.17. The van der Waals surface area contributed by atoms with E-state index in [9.17, 15) is 78.0 Å². The number of benzene rings is 1. The maximum absolute atomic E-state index is 14.4. The number of rotatable bonds is 37. The van der Waals surface area contributed by atoms with E-state index >= 15 is 0 Å². The zero-order chi connectivity index (χ0) is 61.1. The molecule has 10 amide bonds. The van der Waals surface area contributed by atoms with Crippen molar-refractivity contribution in [3.05, 3.63) is 48.0 Å². The summed E-state index contributed by atoms with van der Waals surface area (Å²) in [6, 6.07) is -8.66. The van der Waals surface area contributed by atoms with Crippen LogP contribution in [0.25, 0.3) is 0 Å². The molecule has 81 heavy (non-hydrogen) atoms. The van der Waals surface area contributed by atoms with Crippen molar-refractivity contribution in [3.8, 4) is 5.75 Å². The summed E-state index contributed by atoms with van der Waals surface area (Å²) in [4.78, 5) is 169. The molecule has 0 saturated heterocycles. The lowest BCUT2D eigenvalue weighted by atomic mass is 9.99. The highest BCUT2D eigenvalue weighted by Crippen LogP contribution is 2.14. The van der Waals surface area contributed by atoms with E-state index in [1.54, 1.807) is 27.7 Å². The largest absolute Gasteiger partial charge is 0.508 e. The summed E-state index contributed by atoms with van der Waals surface area (Å²) in [6.45, 7) is 5.76. The Morgan fingerprint density at radius 1 is 0.568 bits per heavy atom. The first-order chi connectivity index (χ1) is 38.0. The number of H-pyrrole nitrogens is 1. The van der Waals surface area contributed by atoms with Crippen LogP contribution in [-0.4, -0.2) is 175 Å². The number of nitrogens with zero attached hydrogens (tertiary/aromatic N) is 2. The predicted octanol–water partition coefficient (Wildman–Crippen LogP) is -6.06. The number of carbonyl (C=O) groups is 12. The van der Waals surface area contributed by atoms with Crippen molar-refractivity contribution in [3.63, 3.8) is 0 Å². The fourth-order valence-corrected chi connectivity index (χ4v) is 7.70. The third-order valence-corrected chi connectivity index (χ3v) is 11.8. The van der Waals surface area contributed by atoms with Gasteiger partial charge in [0.15, 0.2) is 5.96 Å². The van der Waals surface area contributed by atoms with E-state index in [4.69, 9.17) is 28.7 Å². The summed E-state index contributed by atoms with van der Waals surface area (Å²) in [5, 5.41) is 57.6. The van der Waals surface area contributed by atoms with E-state index in [2.05, 4.69) is 57.5 Å². The number of phenolic OH excluding ortho intramolecular Hbond substituents is 1. The van der Waals surface area contributed by atoms with Gasteiger partial charge >= 0.3 is 11.9 Å². The number of guanidine groups is 1. The second kappa shape index (κ2) is 34.2. The molecular formula is C49H76N16O16. The van der Waals surface area contributed by atoms with E-state index in [1.165, 1.54) is 36.8 Å². The first-order valence-electron chi connectivity index (χ1n) is 25.6. The van der Waals surface area contributed by atoms with Crippen LogP contribution in [0.4, 0.5) is 0 Å². The molecule has 2 rings (SSSR count). The van der Waals surface area contributed by atoms with Gasteiger partial charge in [-0.15, -0.1) is 0 Å². The molecule has 0 unspecified atom stereocenters. The number of phenols is 1. The third kappa shape index (κ3) is 26.1. The summed E-state index contributed by atoms with van der Waals surface area (Å²) < 4.78 is 0. The Bertz CT molecular complexity index is 2520. The van der Waals surface area contributed by atoms with Gasteiger partial charge in [-0.3, -0.25) is 62.5 Å². The van der Waals surface area contributed by atoms with E-state index in [0.29, 0.717) is 5.56 Å². The average molecular weight is 1150 g/mol. The van der Waals surface area contributed by atoms with E-state index in [0.717, 1.165) is 0 Å². The number of carboxylic acids is 2. The van der Waals surface area contributed by atoms with Gasteiger partial charge in [-0.1, -0.05) is 39.8 Å². The lowest BCUT2D eigenvalue weighted by molar-refractivity contribution is -0.142. The molecule has 2 aromatic rings. The van der Waals surface area contributed by atoms with Crippen molar-refractivity contribution < 1.29 is 78.0 Å². The average Bonchev–Trinajstić information content (AvgIpc) is 3.90. The number of imidazole rings is 1. The summed E-state index contributed by atoms with van der Waals surface area (Å²) in [5.74, 6) is -14.6. The normalized spacial score (nSPS) is 14.4. The Hall–Kier alpha value is -8.94. The molecule has 448 valence electrons. The fraction of sp³-hybridized carbons (Fsp3) is 0.551. The third-order valence-electron chi connectivity index (χ3n) is 11.8. The smallest absolute Gasteiger partial charge is 0.305 e. The number of aliphatic hydroxyl groups excluding tert-OH is 1. The fourth-order valence-electron chi connectivity index (χ4n) is 7.70. The van der Waals surface area contributed by atoms with Crippen molar-refractivity contribution in [1.29, 1.82) is 0 Å². The van der Waals surface area contributed by atoms with Crippen molar-refractivity contribution in [2.75, 3.05) is 13.2 Å². The maximum atomic E-state index is 14.4. The zero-order valence-electron chi connectivity index (χ0n) is 45.3. The van der Waals surface area contributed by atoms with Crippen LogP contribution in [0.1, 0.15) is 90.3 Å². The zero-order valence-corrected chi connectivity index (χ0v) is 45.3. The van der Waals surface area contributed by atoms with E-state index in [1.807, 2.05) is 0 Å². The molecule has 9 atom stereocenters. The standard InChI is InChI=1S/C49H76N16O16/c1-23(2)14-31(44(77)62-32(15-24(3)4)45(78)64-35(19-39(71)72)47(80)59-30(11-12-37(51)68)43(76)65-36(21-66)40(52)73)61-42(75)29(6-5-13-56-49(53)54)58-46(79)33(17-26-20-55-22-57-26)63-48(81)34(18-38(69)70)60-41(74)28(50)16-25-7-9-27(67)10-8-25/h7-10,20,22-24,28-36,66-67H,5-6,11-19,21,50H2,1-4H3,(H2,51,68)(H2,52,73)(H,55,57)(H,58,79)(H,59,80)(H,60,74)(H,61,75)(H,62,77)(H,63,81)(H,64,78)(H,65,76)(H,69,70)(H,71,72)(H4,53,54,56)/t28-,29-,30-,31-,32-,33-,34-,35-,36-/m0/s1. The monoisotopic (exact) mass is 1140 g/mol. The number of aromatic hydroxyl groups is 1. The molecular weight excluding hydrogens is 1070 g/mol. The maximum Gasteiger partial charge on any atom is 0.305 e. The van der Waals surface area contributed by atoms with Crippen molar-refractivity contribution in [2.45, 2.75) is 146 Å². The topological polar surface area (TPSA) is 553 Å². The highest BCUT2D eigenvalue weighted by molar-refractivity contribution is 5.99. The number of carboxylic acid groups (broad SMARTS) is 2. The van der Waals surface area contributed by atoms with E-state index < -0.39 is 158 Å². The number of nitrogens with two attached hydrogens (primary N) is 5. The molecule has 23 N–H and O–H groups in total. The van der Waals surface area contributed by atoms with Gasteiger partial charge in [-0.25, -0.2) is 4.98 Å². The van der Waals surface area contributed by atoms with Crippen molar-refractivity contribution in [2.24, 2.45) is 45.5 Å². The Labute approximate surface area is 465 Å². The molecule has 32 nitrogen and oxygen atoms in total. The first-order valence-corrected chi connectivity index (χ1v) is 25.6. The van der Waals surface area contributed by atoms with Crippen molar-refractivity contribution in [1.82, 2.24) is 52.5 Å². The minimum absolute atomic E-state index is 0.0425. The van der Waals surface area contributed by atoms with Gasteiger partial charge in [-0.05, 0) is 68.1 Å². The molecule has 0 fully saturated rings. The van der Waals surface area contributed by atoms with Crippen LogP contribution in [0.2, 0.25) is 0 Å². The summed E-state index contributed by atoms with van der Waals surface area (Å²) >= 11 is 0. The van der Waals surface area contributed by atoms with Crippen LogP contribution in [-0.2, 0) is 70.4 Å². The predicted molar refractivity (Wildman–Crippen MR) is 286 cm³/mol. The molecule has 0 spiro atoms. The van der Waals surface area contributed by atoms with Crippen LogP contribution in [0.3, 0.4) is 0 Å². The van der Waals surface area contributed by atoms with Crippen molar-refractivity contribution >= 4 is 77.0 Å². The highest BCUT2D eigenvalue weighted by Gasteiger charge is 2.36. The number of carbonyl (C=O) groups excluding carboxylic acids is 10. The van der Waals surface area contributed by atoms with Crippen LogP contribution < -0.4 is 71.2 Å². The van der Waals surface area contributed by atoms with Gasteiger partial charge in [0.1, 0.15) is 54.1 Å². The molecule has 0 aliphatic heterocycles. The number of nitrogens with one attached hydrogen (secondary N) is 9. The first kappa shape index (κ1) is 68.2. The lowest BCUT2D eigenvalue weighted by Gasteiger charge is -2.29. The molecule has 1 aromatic carbocycles. The molecule has 0 aliphatic rings. The summed E-state index contributed by atoms with van der Waals surface area (Å²) in [5.41, 5.74) is 28.3. The number of aliphatic hydroxyl groups is 1. The Balaban J connectivity index is 2.48. The number of hydrogen-bond acceptors (Lipinski definition) is 17. The number of amides is 10. The lowest BCUT2D eigenvalue weighted by Crippen LogP contribution is -2.61. The number of aromatic nitrogens is 2. The van der Waals surface area contributed by atoms with Crippen LogP contribution in [0.5, 0.6) is 5.75 Å². The quantitative estimate of drug-likeness (QED) is 0.0170. The molecule has 0 saturated carbocycles. The number of aliphatic imine (C=N–C) groups is 1. The van der Waals surface area contributed by atoms with Gasteiger partial charge in [0.2, 0.25) is 59.1 Å². The molecule has 32 heteroatoms. The SMILES string of the molecule is CC(C)C[C@H](NC(=O)[C@H](CC(C)C)NC(=O)[C@H](CCCN=C(N)N)NC(=O)[C@H](Cc1cnc[nH]1)NC(=O)[C@H](CC(=O)O)NC(=O)[C@@H](N)Cc1ccc(O)cc1)C(=O)N[C@@H](CC(=O)O)C(=O)N[C@@H](CCC(N)=O)C(=O)N[C@@H](CO)C(N)=O. The van der Waals surface area contributed by atoms with Gasteiger partial charge in [0, 0.05) is 31.3 Å². The van der Waals surface area contributed by atoms with Gasteiger partial charge < -0.3 is 96.6 Å². The minimum Gasteiger partial charge on any atom is -0.508 e. The summed E-state index contributed by atoms with van der Waals surface area (Å²) in [7, 11) is 0. The number of primary amides is 2. The molecule has 0 radical (unpaired) electrons. The molecule has 0 bridgehead atoms. The molecule has 1 aromatic heterocycles. The molecule has 1 heterocycles. The van der Waals surface area contributed by atoms with Crippen LogP contribution in [0.15, 0.2) is 41.8 Å². The molecule has 0 aliphatic carbocycles. The van der Waals surface area contributed by atoms with E-state index in [-0.39, 0.29) is 74.3 Å². The van der Waals surface area contributed by atoms with Crippen LogP contribution >= 0.6 is 0 Å². The Morgan fingerprint density at radius 2 is 0.988 bits per heavy atom. The Kier molecular flexibility index (Phi) is 28.7. The highest BCUT2D eigenvalue weighted by atomic mass is 16.4. The number of aromatic amines is 1.